The molecule has 0 unspecified atom stereocenters. The molecule has 0 aliphatic heterocycles. The first-order valence-corrected chi connectivity index (χ1v) is 16.9. The predicted octanol–water partition coefficient (Wildman–Crippen LogP) is 12.3. The van der Waals surface area contributed by atoms with Crippen molar-refractivity contribution in [2.24, 2.45) is 0 Å². The van der Waals surface area contributed by atoms with Gasteiger partial charge in [0.1, 0.15) is 0 Å². The van der Waals surface area contributed by atoms with Crippen LogP contribution in [0.3, 0.4) is 0 Å². The Balaban J connectivity index is 1.19. The third-order valence-electron chi connectivity index (χ3n) is 10.1. The van der Waals surface area contributed by atoms with Crippen LogP contribution in [0.2, 0.25) is 0 Å². The molecule has 49 heavy (non-hydrogen) atoms. The summed E-state index contributed by atoms with van der Waals surface area (Å²) in [6.45, 7) is 4.65. The fourth-order valence-corrected chi connectivity index (χ4v) is 7.55. The van der Waals surface area contributed by atoms with Crippen molar-refractivity contribution in [3.8, 4) is 67.2 Å². The molecule has 1 aliphatic rings. The van der Waals surface area contributed by atoms with E-state index in [1.165, 1.54) is 50.1 Å². The highest BCUT2D eigenvalue weighted by Gasteiger charge is 2.37. The summed E-state index contributed by atoms with van der Waals surface area (Å²) >= 11 is 0. The first-order chi connectivity index (χ1) is 24.0. The van der Waals surface area contributed by atoms with Gasteiger partial charge in [-0.25, -0.2) is 9.97 Å². The molecule has 0 N–H and O–H groups in total. The summed E-state index contributed by atoms with van der Waals surface area (Å²) in [6.07, 6.45) is 0. The lowest BCUT2D eigenvalue weighted by Crippen LogP contribution is -2.14. The van der Waals surface area contributed by atoms with Crippen molar-refractivity contribution in [2.45, 2.75) is 19.3 Å². The van der Waals surface area contributed by atoms with Crippen molar-refractivity contribution in [2.75, 3.05) is 0 Å². The third kappa shape index (κ3) is 4.96. The minimum Gasteiger partial charge on any atom is -0.228 e. The molecule has 1 heterocycles. The molecule has 0 saturated heterocycles. The quantitative estimate of drug-likeness (QED) is 0.190. The number of benzene rings is 7. The Hall–Kier alpha value is -6.12. The van der Waals surface area contributed by atoms with Crippen LogP contribution in [-0.2, 0) is 5.41 Å². The van der Waals surface area contributed by atoms with Gasteiger partial charge in [0, 0.05) is 21.9 Å². The van der Waals surface area contributed by atoms with E-state index in [0.717, 1.165) is 39.1 Å². The van der Waals surface area contributed by atoms with Gasteiger partial charge in [-0.15, -0.1) is 0 Å². The molecule has 8 aromatic rings. The zero-order chi connectivity index (χ0) is 33.0. The van der Waals surface area contributed by atoms with E-state index >= 15 is 0 Å². The Morgan fingerprint density at radius 2 is 0.898 bits per heavy atom. The highest BCUT2D eigenvalue weighted by Crippen LogP contribution is 2.52. The van der Waals surface area contributed by atoms with Gasteiger partial charge in [0.05, 0.1) is 11.2 Å². The number of fused-ring (bicyclic) bond motifs is 5. The zero-order valence-electron chi connectivity index (χ0n) is 27.6. The summed E-state index contributed by atoms with van der Waals surface area (Å²) in [5, 5.41) is 1.11. The minimum absolute atomic E-state index is 0.114. The summed E-state index contributed by atoms with van der Waals surface area (Å²) in [4.78, 5) is 10.5. The van der Waals surface area contributed by atoms with Crippen LogP contribution in [0, 0.1) is 0 Å². The second-order valence-corrected chi connectivity index (χ2v) is 13.4. The smallest absolute Gasteiger partial charge is 0.160 e. The van der Waals surface area contributed by atoms with Crippen molar-refractivity contribution in [1.29, 1.82) is 0 Å². The molecule has 0 amide bonds. The van der Waals surface area contributed by atoms with E-state index in [9.17, 15) is 0 Å². The van der Waals surface area contributed by atoms with Crippen molar-refractivity contribution in [3.05, 3.63) is 181 Å². The molecule has 0 spiro atoms. The molecule has 1 aromatic heterocycles. The molecular formula is C47H34N2. The van der Waals surface area contributed by atoms with Crippen molar-refractivity contribution in [1.82, 2.24) is 9.97 Å². The van der Waals surface area contributed by atoms with E-state index < -0.39 is 0 Å². The second-order valence-electron chi connectivity index (χ2n) is 13.4. The average Bonchev–Trinajstić information content (AvgIpc) is 3.41. The van der Waals surface area contributed by atoms with E-state index in [-0.39, 0.29) is 5.41 Å². The SMILES string of the molecule is CC1(C)c2ccccc2-c2c1ccc1nc(-c3ccccc3)nc(-c3cccc(-c4cccc(-c5ccc(-c6ccccc6)cc5)c4)c3)c21. The average molecular weight is 627 g/mol. The third-order valence-corrected chi connectivity index (χ3v) is 10.1. The summed E-state index contributed by atoms with van der Waals surface area (Å²) < 4.78 is 0. The standard InChI is InChI=1S/C47H34N2/c1-47(2)40-22-10-9-21-39(40)43-41(47)27-28-42-44(43)45(49-46(48-42)34-15-7-4-8-16-34)38-20-12-19-37(30-38)36-18-11-17-35(29-36)33-25-23-32(24-26-33)31-13-5-3-6-14-31/h3-30H,1-2H3. The Morgan fingerprint density at radius 1 is 0.388 bits per heavy atom. The Kier molecular flexibility index (Phi) is 6.84. The number of hydrogen-bond donors (Lipinski definition) is 0. The van der Waals surface area contributed by atoms with Crippen LogP contribution in [0.15, 0.2) is 170 Å². The second kappa shape index (κ2) is 11.5. The number of aromatic nitrogens is 2. The largest absolute Gasteiger partial charge is 0.228 e. The zero-order valence-corrected chi connectivity index (χ0v) is 27.6. The van der Waals surface area contributed by atoms with Gasteiger partial charge in [0.2, 0.25) is 0 Å². The molecule has 0 fully saturated rings. The molecule has 0 bridgehead atoms. The molecule has 7 aromatic carbocycles. The normalized spacial score (nSPS) is 12.9. The lowest BCUT2D eigenvalue weighted by Gasteiger charge is -2.21. The lowest BCUT2D eigenvalue weighted by atomic mass is 9.82. The number of nitrogens with zero attached hydrogens (tertiary/aromatic N) is 2. The fraction of sp³-hybridized carbons (Fsp3) is 0.0638. The molecule has 0 atom stereocenters. The summed E-state index contributed by atoms with van der Waals surface area (Å²) in [7, 11) is 0. The summed E-state index contributed by atoms with van der Waals surface area (Å²) in [5.74, 6) is 0.736. The van der Waals surface area contributed by atoms with Crippen LogP contribution in [0.4, 0.5) is 0 Å². The van der Waals surface area contributed by atoms with E-state index in [1.54, 1.807) is 0 Å². The summed E-state index contributed by atoms with van der Waals surface area (Å²) in [5.41, 5.74) is 16.2. The Labute approximate surface area is 287 Å². The monoisotopic (exact) mass is 626 g/mol. The molecule has 2 heteroatoms. The van der Waals surface area contributed by atoms with Crippen LogP contribution in [0.1, 0.15) is 25.0 Å². The van der Waals surface area contributed by atoms with Gasteiger partial charge in [-0.3, -0.25) is 0 Å². The van der Waals surface area contributed by atoms with E-state index in [0.29, 0.717) is 0 Å². The van der Waals surface area contributed by atoms with Gasteiger partial charge in [-0.05, 0) is 73.8 Å². The first kappa shape index (κ1) is 29.1. The van der Waals surface area contributed by atoms with E-state index in [4.69, 9.17) is 9.97 Å². The Bertz CT molecular complexity index is 2490. The summed E-state index contributed by atoms with van der Waals surface area (Å²) in [6, 6.07) is 60.6. The maximum Gasteiger partial charge on any atom is 0.160 e. The van der Waals surface area contributed by atoms with Crippen molar-refractivity contribution < 1.29 is 0 Å². The van der Waals surface area contributed by atoms with Gasteiger partial charge >= 0.3 is 0 Å². The van der Waals surface area contributed by atoms with E-state index in [2.05, 4.69) is 166 Å². The maximum absolute atomic E-state index is 5.36. The highest BCUT2D eigenvalue weighted by molar-refractivity contribution is 6.08. The molecular weight excluding hydrogens is 593 g/mol. The lowest BCUT2D eigenvalue weighted by molar-refractivity contribution is 0.661. The van der Waals surface area contributed by atoms with Crippen LogP contribution < -0.4 is 0 Å². The van der Waals surface area contributed by atoms with E-state index in [1.807, 2.05) is 18.2 Å². The highest BCUT2D eigenvalue weighted by atomic mass is 14.9. The van der Waals surface area contributed by atoms with Crippen LogP contribution in [-0.4, -0.2) is 9.97 Å². The number of rotatable bonds is 5. The molecule has 2 nitrogen and oxygen atoms in total. The molecule has 232 valence electrons. The molecule has 1 aliphatic carbocycles. The maximum atomic E-state index is 5.36. The molecule has 9 rings (SSSR count). The van der Waals surface area contributed by atoms with Crippen LogP contribution >= 0.6 is 0 Å². The predicted molar refractivity (Wildman–Crippen MR) is 204 cm³/mol. The van der Waals surface area contributed by atoms with Gasteiger partial charge in [-0.2, -0.15) is 0 Å². The molecule has 0 saturated carbocycles. The Morgan fingerprint density at radius 3 is 1.59 bits per heavy atom. The van der Waals surface area contributed by atoms with Gasteiger partial charge in [-0.1, -0.05) is 166 Å². The topological polar surface area (TPSA) is 25.8 Å². The van der Waals surface area contributed by atoms with Crippen LogP contribution in [0.5, 0.6) is 0 Å². The van der Waals surface area contributed by atoms with Crippen molar-refractivity contribution in [3.63, 3.8) is 0 Å². The van der Waals surface area contributed by atoms with Gasteiger partial charge in [0.15, 0.2) is 5.82 Å². The number of hydrogen-bond acceptors (Lipinski definition) is 2. The minimum atomic E-state index is -0.114. The van der Waals surface area contributed by atoms with Crippen LogP contribution in [0.25, 0.3) is 78.1 Å². The molecule has 0 radical (unpaired) electrons. The van der Waals surface area contributed by atoms with Crippen molar-refractivity contribution >= 4 is 10.9 Å². The van der Waals surface area contributed by atoms with Gasteiger partial charge < -0.3 is 0 Å². The fourth-order valence-electron chi connectivity index (χ4n) is 7.55. The first-order valence-electron chi connectivity index (χ1n) is 16.9. The van der Waals surface area contributed by atoms with Gasteiger partial charge in [0.25, 0.3) is 0 Å².